The quantitative estimate of drug-likeness (QED) is 0.666. The number of aliphatic hydroxyl groups is 2. The van der Waals surface area contributed by atoms with Gasteiger partial charge < -0.3 is 29.2 Å². The first kappa shape index (κ1) is 21.3. The summed E-state index contributed by atoms with van der Waals surface area (Å²) in [5.41, 5.74) is -3.22. The Bertz CT molecular complexity index is 766. The molecule has 7 heteroatoms. The maximum atomic E-state index is 12.8. The molecule has 31 heavy (non-hydrogen) atoms. The second-order valence-corrected chi connectivity index (χ2v) is 11.3. The van der Waals surface area contributed by atoms with Crippen molar-refractivity contribution < 1.29 is 29.2 Å². The van der Waals surface area contributed by atoms with Crippen LogP contribution in [0.25, 0.3) is 0 Å². The molecular weight excluding hydrogens is 398 g/mol. The molecule has 1 aliphatic heterocycles. The van der Waals surface area contributed by atoms with Gasteiger partial charge in [-0.3, -0.25) is 4.90 Å². The first-order valence-electron chi connectivity index (χ1n) is 12.2. The molecule has 0 aromatic rings. The summed E-state index contributed by atoms with van der Waals surface area (Å²) in [7, 11) is 7.02. The third kappa shape index (κ3) is 1.97. The third-order valence-electron chi connectivity index (χ3n) is 11.2. The molecule has 7 bridgehead atoms. The van der Waals surface area contributed by atoms with Gasteiger partial charge in [0.2, 0.25) is 0 Å². The highest BCUT2D eigenvalue weighted by Gasteiger charge is 2.90. The lowest BCUT2D eigenvalue weighted by molar-refractivity contribution is -0.309. The molecule has 176 valence electrons. The fraction of sp³-hybridized carbons (Fsp3) is 1.00. The summed E-state index contributed by atoms with van der Waals surface area (Å²) in [4.78, 5) is 2.42. The van der Waals surface area contributed by atoms with Crippen LogP contribution in [-0.2, 0) is 18.9 Å². The van der Waals surface area contributed by atoms with Crippen molar-refractivity contribution in [3.8, 4) is 0 Å². The van der Waals surface area contributed by atoms with Gasteiger partial charge in [-0.2, -0.15) is 0 Å². The highest BCUT2D eigenvalue weighted by molar-refractivity contribution is 5.40. The number of hydrogen-bond donors (Lipinski definition) is 2. The highest BCUT2D eigenvalue weighted by atomic mass is 16.5. The van der Waals surface area contributed by atoms with Crippen molar-refractivity contribution in [1.29, 1.82) is 0 Å². The second kappa shape index (κ2) is 6.44. The van der Waals surface area contributed by atoms with Gasteiger partial charge in [0.15, 0.2) is 0 Å². The first-order valence-corrected chi connectivity index (χ1v) is 12.2. The van der Waals surface area contributed by atoms with Gasteiger partial charge in [0.05, 0.1) is 30.0 Å². The topological polar surface area (TPSA) is 80.6 Å². The molecule has 0 aromatic carbocycles. The van der Waals surface area contributed by atoms with Crippen molar-refractivity contribution in [1.82, 2.24) is 4.90 Å². The Morgan fingerprint density at radius 1 is 1.03 bits per heavy atom. The number of fused-ring (bicyclic) bond motifs is 2. The lowest BCUT2D eigenvalue weighted by Crippen LogP contribution is -2.80. The molecule has 0 unspecified atom stereocenters. The number of likely N-dealkylation sites (tertiary alicyclic amines) is 1. The van der Waals surface area contributed by atoms with E-state index in [-0.39, 0.29) is 52.9 Å². The van der Waals surface area contributed by atoms with Gasteiger partial charge in [0.25, 0.3) is 0 Å². The van der Waals surface area contributed by atoms with Crippen LogP contribution in [0.1, 0.15) is 39.0 Å². The Kier molecular flexibility index (Phi) is 4.41. The van der Waals surface area contributed by atoms with Crippen molar-refractivity contribution >= 4 is 0 Å². The van der Waals surface area contributed by atoms with Crippen molar-refractivity contribution in [2.75, 3.05) is 41.5 Å². The van der Waals surface area contributed by atoms with Crippen LogP contribution in [0.5, 0.6) is 0 Å². The van der Waals surface area contributed by atoms with E-state index >= 15 is 0 Å². The van der Waals surface area contributed by atoms with E-state index in [2.05, 4.69) is 11.8 Å². The minimum absolute atomic E-state index is 0.0680. The molecule has 0 radical (unpaired) electrons. The van der Waals surface area contributed by atoms with E-state index in [0.29, 0.717) is 6.42 Å². The highest BCUT2D eigenvalue weighted by Crippen LogP contribution is 2.79. The molecule has 2 N–H and O–H groups in total. The number of piperidine rings is 1. The van der Waals surface area contributed by atoms with Crippen molar-refractivity contribution in [2.24, 2.45) is 29.1 Å². The average molecular weight is 438 g/mol. The minimum atomic E-state index is -1.39. The van der Waals surface area contributed by atoms with Gasteiger partial charge in [-0.1, -0.05) is 6.92 Å². The third-order valence-corrected chi connectivity index (χ3v) is 11.2. The largest absolute Gasteiger partial charge is 0.386 e. The summed E-state index contributed by atoms with van der Waals surface area (Å²) >= 11 is 0. The number of ether oxygens (including phenoxy) is 4. The Hall–Kier alpha value is -0.280. The summed E-state index contributed by atoms with van der Waals surface area (Å²) in [6, 6.07) is -0.137. The number of methoxy groups -OCH3 is 4. The van der Waals surface area contributed by atoms with Crippen LogP contribution in [0.3, 0.4) is 0 Å². The second-order valence-electron chi connectivity index (χ2n) is 11.3. The summed E-state index contributed by atoms with van der Waals surface area (Å²) in [5.74, 6) is 0.464. The molecule has 1 saturated heterocycles. The summed E-state index contributed by atoms with van der Waals surface area (Å²) in [5, 5.41) is 25.5. The predicted octanol–water partition coefficient (Wildman–Crippen LogP) is 1.05. The van der Waals surface area contributed by atoms with Crippen molar-refractivity contribution in [3.63, 3.8) is 0 Å². The molecule has 0 aromatic heterocycles. The van der Waals surface area contributed by atoms with Gasteiger partial charge in [0.1, 0.15) is 11.2 Å². The van der Waals surface area contributed by atoms with Crippen LogP contribution in [0.15, 0.2) is 0 Å². The molecule has 1 heterocycles. The van der Waals surface area contributed by atoms with E-state index < -0.39 is 17.3 Å². The van der Waals surface area contributed by atoms with Crippen LogP contribution in [-0.4, -0.2) is 97.8 Å². The molecule has 0 amide bonds. The van der Waals surface area contributed by atoms with E-state index in [9.17, 15) is 10.2 Å². The maximum absolute atomic E-state index is 12.8. The summed E-state index contributed by atoms with van der Waals surface area (Å²) in [6.07, 6.45) is 3.80. The van der Waals surface area contributed by atoms with E-state index in [0.717, 1.165) is 38.8 Å². The van der Waals surface area contributed by atoms with Gasteiger partial charge in [0, 0.05) is 64.6 Å². The Labute approximate surface area is 185 Å². The molecule has 6 aliphatic rings. The molecule has 5 aliphatic carbocycles. The molecular formula is C24H39NO6. The molecule has 6 rings (SSSR count). The van der Waals surface area contributed by atoms with E-state index in [1.807, 2.05) is 7.11 Å². The van der Waals surface area contributed by atoms with Crippen LogP contribution >= 0.6 is 0 Å². The smallest absolute Gasteiger partial charge is 0.136 e. The standard InChI is InChI=1S/C24H39NO6/c1-6-25-12-21(31-5)8-7-9-22-14-10-13-15(28-2)11-23(26,16(14)17(13)29-3)24(27,20(22)25)19(30-4)18(21)22/h13-20,26-27H,6-12H2,1-5H3/t13-,14-,15+,16-,17-,18-,19-,20+,21-,22-,23-,24-/m0/s1. The molecule has 5 saturated carbocycles. The Morgan fingerprint density at radius 3 is 2.42 bits per heavy atom. The zero-order valence-corrected chi connectivity index (χ0v) is 19.5. The number of rotatable bonds is 5. The molecule has 6 fully saturated rings. The summed E-state index contributed by atoms with van der Waals surface area (Å²) < 4.78 is 24.6. The maximum Gasteiger partial charge on any atom is 0.136 e. The Morgan fingerprint density at radius 2 is 1.81 bits per heavy atom. The fourth-order valence-electron chi connectivity index (χ4n) is 10.6. The first-order chi connectivity index (χ1) is 14.8. The van der Waals surface area contributed by atoms with E-state index in [1.54, 1.807) is 21.3 Å². The van der Waals surface area contributed by atoms with Crippen LogP contribution in [0.2, 0.25) is 0 Å². The lowest BCUT2D eigenvalue weighted by atomic mass is 9.45. The van der Waals surface area contributed by atoms with E-state index in [4.69, 9.17) is 18.9 Å². The normalized spacial score (nSPS) is 61.6. The lowest BCUT2D eigenvalue weighted by Gasteiger charge is -2.68. The Balaban J connectivity index is 1.65. The molecule has 7 nitrogen and oxygen atoms in total. The monoisotopic (exact) mass is 437 g/mol. The minimum Gasteiger partial charge on any atom is -0.386 e. The van der Waals surface area contributed by atoms with Gasteiger partial charge in [-0.15, -0.1) is 0 Å². The van der Waals surface area contributed by atoms with Crippen molar-refractivity contribution in [2.45, 2.75) is 80.2 Å². The van der Waals surface area contributed by atoms with Gasteiger partial charge >= 0.3 is 0 Å². The van der Waals surface area contributed by atoms with Crippen LogP contribution in [0, 0.1) is 29.1 Å². The summed E-state index contributed by atoms with van der Waals surface area (Å²) in [6.45, 7) is 3.78. The number of hydrogen-bond acceptors (Lipinski definition) is 7. The number of nitrogens with zero attached hydrogens (tertiary/aromatic N) is 1. The van der Waals surface area contributed by atoms with E-state index in [1.165, 1.54) is 0 Å². The molecule has 12 atom stereocenters. The molecule has 1 spiro atoms. The van der Waals surface area contributed by atoms with Crippen molar-refractivity contribution in [3.05, 3.63) is 0 Å². The average Bonchev–Trinajstić information content (AvgIpc) is 3.18. The van der Waals surface area contributed by atoms with Gasteiger partial charge in [-0.25, -0.2) is 0 Å². The van der Waals surface area contributed by atoms with Gasteiger partial charge in [-0.05, 0) is 38.1 Å². The zero-order valence-electron chi connectivity index (χ0n) is 19.5. The van der Waals surface area contributed by atoms with Crippen LogP contribution in [0.4, 0.5) is 0 Å². The van der Waals surface area contributed by atoms with Crippen LogP contribution < -0.4 is 0 Å². The fourth-order valence-corrected chi connectivity index (χ4v) is 10.6. The SMILES string of the molecule is CCN1C[C@@]2(OC)CCC[C@@]34[C@@H]1[C@@](O)([C@@H](OC)[C@@H]23)[C@]1(O)C[C@@H](OC)[C@@H]2C[C@H]4[C@H]1[C@H]2OC. The number of likely N-dealkylation sites (N-methyl/N-ethyl adjacent to an activating group) is 1. The zero-order chi connectivity index (χ0) is 22.0. The predicted molar refractivity (Wildman–Crippen MR) is 113 cm³/mol.